The molecule has 134 valence electrons. The van der Waals surface area contributed by atoms with E-state index in [4.69, 9.17) is 16.6 Å². The highest BCUT2D eigenvalue weighted by Crippen LogP contribution is 2.40. The smallest absolute Gasteiger partial charge is 0.160 e. The fraction of sp³-hybridized carbons (Fsp3) is 0.350. The molecule has 1 atom stereocenters. The highest BCUT2D eigenvalue weighted by atomic mass is 35.5. The third kappa shape index (κ3) is 2.70. The molecule has 1 aliphatic heterocycles. The lowest BCUT2D eigenvalue weighted by Gasteiger charge is -2.10. The molecule has 2 aromatic heterocycles. The van der Waals surface area contributed by atoms with E-state index in [0.717, 1.165) is 34.4 Å². The van der Waals surface area contributed by atoms with E-state index in [9.17, 15) is 0 Å². The Balaban J connectivity index is 1.99. The Morgan fingerprint density at radius 2 is 1.92 bits per heavy atom. The maximum atomic E-state index is 6.09. The Bertz CT molecular complexity index is 998. The van der Waals surface area contributed by atoms with E-state index >= 15 is 0 Å². The van der Waals surface area contributed by atoms with Crippen LogP contribution in [0.15, 0.2) is 29.3 Å². The molecule has 0 saturated heterocycles. The van der Waals surface area contributed by atoms with E-state index in [1.165, 1.54) is 21.0 Å². The van der Waals surface area contributed by atoms with Crippen LogP contribution in [0.4, 0.5) is 0 Å². The van der Waals surface area contributed by atoms with Gasteiger partial charge in [-0.15, -0.1) is 21.5 Å². The first-order valence-electron chi connectivity index (χ1n) is 8.86. The zero-order valence-corrected chi connectivity index (χ0v) is 16.9. The van der Waals surface area contributed by atoms with Gasteiger partial charge in [0.25, 0.3) is 0 Å². The van der Waals surface area contributed by atoms with Gasteiger partial charge in [0.15, 0.2) is 5.82 Å². The summed E-state index contributed by atoms with van der Waals surface area (Å²) in [5.41, 5.74) is 4.62. The van der Waals surface area contributed by atoms with Crippen molar-refractivity contribution >= 4 is 28.6 Å². The molecule has 0 radical (unpaired) electrons. The number of fused-ring (bicyclic) bond motifs is 3. The van der Waals surface area contributed by atoms with Crippen LogP contribution in [0.3, 0.4) is 0 Å². The van der Waals surface area contributed by atoms with E-state index in [2.05, 4.69) is 35.5 Å². The molecule has 0 fully saturated rings. The SMILES string of the molecule is CCC(C)c1sc2c(c1C)C(c1ccc(Cl)cc1)=NCc1nnc(C)n1-2. The van der Waals surface area contributed by atoms with Crippen LogP contribution < -0.4 is 0 Å². The summed E-state index contributed by atoms with van der Waals surface area (Å²) in [5, 5.41) is 10.6. The predicted molar refractivity (Wildman–Crippen MR) is 108 cm³/mol. The van der Waals surface area contributed by atoms with Crippen LogP contribution in [0.5, 0.6) is 0 Å². The minimum Gasteiger partial charge on any atom is -0.276 e. The number of aryl methyl sites for hydroxylation is 1. The van der Waals surface area contributed by atoms with Crippen LogP contribution in [-0.2, 0) is 6.54 Å². The number of aromatic nitrogens is 3. The standard InChI is InChI=1S/C20H21ClN4S/c1-5-11(2)19-12(3)17-18(14-6-8-15(21)9-7-14)22-10-16-24-23-13(4)25(16)20(17)26-19/h6-9,11H,5,10H2,1-4H3. The van der Waals surface area contributed by atoms with Crippen molar-refractivity contribution in [1.29, 1.82) is 0 Å². The lowest BCUT2D eigenvalue weighted by molar-refractivity contribution is 0.743. The molecule has 0 bridgehead atoms. The lowest BCUT2D eigenvalue weighted by atomic mass is 9.96. The lowest BCUT2D eigenvalue weighted by Crippen LogP contribution is -2.07. The molecule has 1 aliphatic rings. The maximum absolute atomic E-state index is 6.09. The average Bonchev–Trinajstić information content (AvgIpc) is 3.11. The second kappa shape index (κ2) is 6.63. The molecule has 0 saturated carbocycles. The molecular formula is C20H21ClN4S. The monoisotopic (exact) mass is 384 g/mol. The molecule has 0 N–H and O–H groups in total. The van der Waals surface area contributed by atoms with Gasteiger partial charge in [0.1, 0.15) is 17.4 Å². The van der Waals surface area contributed by atoms with Crippen molar-refractivity contribution in [2.45, 2.75) is 46.6 Å². The Hall–Kier alpha value is -1.98. The van der Waals surface area contributed by atoms with Crippen molar-refractivity contribution in [3.8, 4) is 5.00 Å². The van der Waals surface area contributed by atoms with Gasteiger partial charge in [0.05, 0.1) is 5.71 Å². The summed E-state index contributed by atoms with van der Waals surface area (Å²) in [4.78, 5) is 6.35. The summed E-state index contributed by atoms with van der Waals surface area (Å²) >= 11 is 7.94. The number of thiophene rings is 1. The Morgan fingerprint density at radius 3 is 2.62 bits per heavy atom. The summed E-state index contributed by atoms with van der Waals surface area (Å²) < 4.78 is 2.17. The van der Waals surface area contributed by atoms with Gasteiger partial charge < -0.3 is 0 Å². The second-order valence-corrected chi connectivity index (χ2v) is 8.22. The van der Waals surface area contributed by atoms with E-state index < -0.39 is 0 Å². The quantitative estimate of drug-likeness (QED) is 0.601. The summed E-state index contributed by atoms with van der Waals surface area (Å²) in [6.45, 7) is 9.27. The van der Waals surface area contributed by atoms with Crippen molar-refractivity contribution in [2.75, 3.05) is 0 Å². The van der Waals surface area contributed by atoms with E-state index in [-0.39, 0.29) is 0 Å². The first kappa shape index (κ1) is 17.4. The van der Waals surface area contributed by atoms with E-state index in [1.807, 2.05) is 42.5 Å². The van der Waals surface area contributed by atoms with Crippen LogP contribution in [0.25, 0.3) is 5.00 Å². The fourth-order valence-electron chi connectivity index (χ4n) is 3.45. The summed E-state index contributed by atoms with van der Waals surface area (Å²) in [5.74, 6) is 2.31. The number of hydrogen-bond donors (Lipinski definition) is 0. The van der Waals surface area contributed by atoms with E-state index in [1.54, 1.807) is 0 Å². The molecular weight excluding hydrogens is 364 g/mol. The van der Waals surface area contributed by atoms with Crippen molar-refractivity contribution in [2.24, 2.45) is 4.99 Å². The number of rotatable bonds is 3. The van der Waals surface area contributed by atoms with Gasteiger partial charge in [-0.05, 0) is 43.9 Å². The third-order valence-corrected chi connectivity index (χ3v) is 6.81. The van der Waals surface area contributed by atoms with Crippen LogP contribution in [0.2, 0.25) is 5.02 Å². The molecule has 26 heavy (non-hydrogen) atoms. The summed E-state index contributed by atoms with van der Waals surface area (Å²) in [6, 6.07) is 7.94. The van der Waals surface area contributed by atoms with Gasteiger partial charge in [-0.1, -0.05) is 37.6 Å². The molecule has 1 aromatic carbocycles. The highest BCUT2D eigenvalue weighted by molar-refractivity contribution is 7.15. The summed E-state index contributed by atoms with van der Waals surface area (Å²) in [7, 11) is 0. The van der Waals surface area contributed by atoms with Crippen LogP contribution in [0.1, 0.15) is 59.4 Å². The first-order valence-corrected chi connectivity index (χ1v) is 10.1. The molecule has 6 heteroatoms. The molecule has 4 rings (SSSR count). The molecule has 3 heterocycles. The number of benzene rings is 1. The van der Waals surface area contributed by atoms with Crippen LogP contribution in [-0.4, -0.2) is 20.5 Å². The van der Waals surface area contributed by atoms with Gasteiger partial charge in [-0.3, -0.25) is 9.56 Å². The van der Waals surface area contributed by atoms with Crippen LogP contribution >= 0.6 is 22.9 Å². The normalized spacial score (nSPS) is 14.4. The average molecular weight is 385 g/mol. The van der Waals surface area contributed by atoms with Crippen molar-refractivity contribution in [3.05, 3.63) is 62.5 Å². The molecule has 1 unspecified atom stereocenters. The fourth-order valence-corrected chi connectivity index (χ4v) is 5.09. The zero-order chi connectivity index (χ0) is 18.4. The van der Waals surface area contributed by atoms with Crippen molar-refractivity contribution < 1.29 is 0 Å². The summed E-state index contributed by atoms with van der Waals surface area (Å²) in [6.07, 6.45) is 1.11. The topological polar surface area (TPSA) is 43.1 Å². The Morgan fingerprint density at radius 1 is 1.19 bits per heavy atom. The second-order valence-electron chi connectivity index (χ2n) is 6.75. The molecule has 3 aromatic rings. The molecule has 0 amide bonds. The van der Waals surface area contributed by atoms with E-state index in [0.29, 0.717) is 12.5 Å². The van der Waals surface area contributed by atoms with Gasteiger partial charge >= 0.3 is 0 Å². The highest BCUT2D eigenvalue weighted by Gasteiger charge is 2.28. The minimum absolute atomic E-state index is 0.513. The Labute approximate surface area is 162 Å². The predicted octanol–water partition coefficient (Wildman–Crippen LogP) is 5.46. The van der Waals surface area contributed by atoms with Crippen molar-refractivity contribution in [1.82, 2.24) is 14.8 Å². The van der Waals surface area contributed by atoms with Crippen molar-refractivity contribution in [3.63, 3.8) is 0 Å². The maximum Gasteiger partial charge on any atom is 0.160 e. The molecule has 0 spiro atoms. The largest absolute Gasteiger partial charge is 0.276 e. The first-order chi connectivity index (χ1) is 12.5. The number of hydrogen-bond acceptors (Lipinski definition) is 4. The van der Waals surface area contributed by atoms with Gasteiger partial charge in [0, 0.05) is 21.0 Å². The van der Waals surface area contributed by atoms with Crippen LogP contribution in [0, 0.1) is 13.8 Å². The number of aliphatic imine (C=N–C) groups is 1. The Kier molecular flexibility index (Phi) is 4.45. The minimum atomic E-state index is 0.513. The molecule has 0 aliphatic carbocycles. The third-order valence-electron chi connectivity index (χ3n) is 5.05. The van der Waals surface area contributed by atoms with Gasteiger partial charge in [-0.2, -0.15) is 0 Å². The zero-order valence-electron chi connectivity index (χ0n) is 15.4. The number of nitrogens with zero attached hydrogens (tertiary/aromatic N) is 4. The number of halogens is 1. The van der Waals surface area contributed by atoms with Gasteiger partial charge in [-0.25, -0.2) is 0 Å². The van der Waals surface area contributed by atoms with Gasteiger partial charge in [0.2, 0.25) is 0 Å². The molecule has 4 nitrogen and oxygen atoms in total.